The van der Waals surface area contributed by atoms with E-state index in [0.717, 1.165) is 12.0 Å². The van der Waals surface area contributed by atoms with Gasteiger partial charge in [-0.1, -0.05) is 31.2 Å². The first kappa shape index (κ1) is 23.9. The number of piperidine rings is 1. The Morgan fingerprint density at radius 1 is 1.12 bits per heavy atom. The molecule has 3 rings (SSSR count). The number of sulfonamides is 1. The summed E-state index contributed by atoms with van der Waals surface area (Å²) >= 11 is 0. The minimum Gasteiger partial charge on any atom is -0.455 e. The molecule has 1 fully saturated rings. The summed E-state index contributed by atoms with van der Waals surface area (Å²) in [5.74, 6) is -1.16. The number of hydrogen-bond donors (Lipinski definition) is 0. The first-order valence-corrected chi connectivity index (χ1v) is 12.1. The van der Waals surface area contributed by atoms with Crippen LogP contribution in [0.4, 0.5) is 0 Å². The third-order valence-corrected chi connectivity index (χ3v) is 7.56. The van der Waals surface area contributed by atoms with Gasteiger partial charge in [-0.05, 0) is 42.5 Å². The van der Waals surface area contributed by atoms with Crippen LogP contribution in [0.5, 0.6) is 0 Å². The number of aromatic nitrogens is 1. The van der Waals surface area contributed by atoms with Crippen molar-refractivity contribution in [1.82, 2.24) is 14.2 Å². The average molecular weight is 460 g/mol. The molecule has 32 heavy (non-hydrogen) atoms. The molecule has 1 aromatic heterocycles. The third kappa shape index (κ3) is 5.92. The Kier molecular flexibility index (Phi) is 7.98. The van der Waals surface area contributed by atoms with E-state index in [2.05, 4.69) is 11.9 Å². The molecule has 0 unspecified atom stereocenters. The fourth-order valence-corrected chi connectivity index (χ4v) is 5.02. The molecule has 1 aromatic carbocycles. The van der Waals surface area contributed by atoms with E-state index in [9.17, 15) is 18.0 Å². The van der Waals surface area contributed by atoms with Crippen LogP contribution in [0.15, 0.2) is 53.7 Å². The number of amides is 1. The largest absolute Gasteiger partial charge is 0.455 e. The quantitative estimate of drug-likeness (QED) is 0.562. The highest BCUT2D eigenvalue weighted by atomic mass is 32.2. The first-order chi connectivity index (χ1) is 15.3. The summed E-state index contributed by atoms with van der Waals surface area (Å²) < 4.78 is 31.9. The molecule has 8 nitrogen and oxygen atoms in total. The van der Waals surface area contributed by atoms with Gasteiger partial charge in [-0.25, -0.2) is 8.42 Å². The summed E-state index contributed by atoms with van der Waals surface area (Å²) in [6.07, 6.45) is 4.50. The molecule has 9 heteroatoms. The van der Waals surface area contributed by atoms with E-state index >= 15 is 0 Å². The summed E-state index contributed by atoms with van der Waals surface area (Å²) in [5.41, 5.74) is 2.24. The molecule has 2 aromatic rings. The van der Waals surface area contributed by atoms with Crippen LogP contribution in [0.25, 0.3) is 0 Å². The van der Waals surface area contributed by atoms with E-state index in [1.54, 1.807) is 13.1 Å². The number of rotatable bonds is 8. The Morgan fingerprint density at radius 2 is 1.78 bits per heavy atom. The van der Waals surface area contributed by atoms with Crippen molar-refractivity contribution in [2.45, 2.75) is 37.6 Å². The van der Waals surface area contributed by atoms with Crippen molar-refractivity contribution in [3.8, 4) is 0 Å². The van der Waals surface area contributed by atoms with Crippen LogP contribution in [0.3, 0.4) is 0 Å². The molecule has 1 amide bonds. The molecule has 0 radical (unpaired) electrons. The standard InChI is InChI=1S/C23H29N3O5S/c1-3-18-6-8-19(9-7-18)16-25(2)22(27)17-31-23(28)20-10-13-26(14-11-20)32(29,30)21-5-4-12-24-15-21/h4-9,12,15,20H,3,10-11,13-14,16-17H2,1-2H3. The van der Waals surface area contributed by atoms with E-state index in [4.69, 9.17) is 4.74 Å². The summed E-state index contributed by atoms with van der Waals surface area (Å²) in [5, 5.41) is 0. The lowest BCUT2D eigenvalue weighted by Crippen LogP contribution is -2.41. The molecular formula is C23H29N3O5S. The van der Waals surface area contributed by atoms with Gasteiger partial charge in [0.05, 0.1) is 5.92 Å². The maximum absolute atomic E-state index is 12.7. The van der Waals surface area contributed by atoms with Gasteiger partial charge in [0.15, 0.2) is 6.61 Å². The SMILES string of the molecule is CCc1ccc(CN(C)C(=O)COC(=O)C2CCN(S(=O)(=O)c3cccnc3)CC2)cc1. The maximum Gasteiger partial charge on any atom is 0.309 e. The van der Waals surface area contributed by atoms with Crippen molar-refractivity contribution >= 4 is 21.9 Å². The molecular weight excluding hydrogens is 430 g/mol. The number of benzene rings is 1. The summed E-state index contributed by atoms with van der Waals surface area (Å²) in [4.78, 5) is 30.3. The minimum atomic E-state index is -3.62. The van der Waals surface area contributed by atoms with Crippen LogP contribution >= 0.6 is 0 Å². The molecule has 0 atom stereocenters. The Hall–Kier alpha value is -2.78. The first-order valence-electron chi connectivity index (χ1n) is 10.7. The molecule has 1 saturated heterocycles. The number of ether oxygens (including phenoxy) is 1. The van der Waals surface area contributed by atoms with Gasteiger partial charge >= 0.3 is 5.97 Å². The highest BCUT2D eigenvalue weighted by molar-refractivity contribution is 7.89. The zero-order valence-corrected chi connectivity index (χ0v) is 19.3. The van der Waals surface area contributed by atoms with Crippen molar-refractivity contribution < 1.29 is 22.7 Å². The topological polar surface area (TPSA) is 96.9 Å². The monoisotopic (exact) mass is 459 g/mol. The number of pyridine rings is 1. The number of nitrogens with zero attached hydrogens (tertiary/aromatic N) is 3. The van der Waals surface area contributed by atoms with Crippen molar-refractivity contribution in [2.75, 3.05) is 26.7 Å². The van der Waals surface area contributed by atoms with Crippen molar-refractivity contribution in [2.24, 2.45) is 5.92 Å². The van der Waals surface area contributed by atoms with Gasteiger partial charge in [0.1, 0.15) is 4.90 Å². The van der Waals surface area contributed by atoms with Gasteiger partial charge in [0.25, 0.3) is 5.91 Å². The number of carbonyl (C=O) groups excluding carboxylic acids is 2. The van der Waals surface area contributed by atoms with E-state index in [0.29, 0.717) is 19.4 Å². The molecule has 0 bridgehead atoms. The van der Waals surface area contributed by atoms with Crippen molar-refractivity contribution in [3.05, 3.63) is 59.9 Å². The molecule has 0 N–H and O–H groups in total. The van der Waals surface area contributed by atoms with Crippen LogP contribution in [0.1, 0.15) is 30.9 Å². The van der Waals surface area contributed by atoms with Crippen LogP contribution in [-0.2, 0) is 37.3 Å². The van der Waals surface area contributed by atoms with Gasteiger partial charge in [-0.15, -0.1) is 0 Å². The van der Waals surface area contributed by atoms with E-state index < -0.39 is 21.9 Å². The van der Waals surface area contributed by atoms with Crippen LogP contribution in [-0.4, -0.2) is 61.2 Å². The summed E-state index contributed by atoms with van der Waals surface area (Å²) in [7, 11) is -1.95. The fraction of sp³-hybridized carbons (Fsp3) is 0.435. The van der Waals surface area contributed by atoms with Gasteiger partial charge < -0.3 is 9.64 Å². The van der Waals surface area contributed by atoms with E-state index in [-0.39, 0.29) is 30.5 Å². The second-order valence-electron chi connectivity index (χ2n) is 7.89. The van der Waals surface area contributed by atoms with Crippen LogP contribution in [0.2, 0.25) is 0 Å². The Labute approximate surface area is 189 Å². The second-order valence-corrected chi connectivity index (χ2v) is 9.83. The minimum absolute atomic E-state index is 0.138. The third-order valence-electron chi connectivity index (χ3n) is 5.67. The smallest absolute Gasteiger partial charge is 0.309 e. The Balaban J connectivity index is 1.45. The summed E-state index contributed by atoms with van der Waals surface area (Å²) in [6, 6.07) is 11.1. The van der Waals surface area contributed by atoms with Gasteiger partial charge in [0.2, 0.25) is 10.0 Å². The second kappa shape index (κ2) is 10.7. The molecule has 0 aliphatic carbocycles. The van der Waals surface area contributed by atoms with Gasteiger partial charge in [-0.2, -0.15) is 4.31 Å². The molecule has 1 aliphatic heterocycles. The molecule has 0 saturated carbocycles. The highest BCUT2D eigenvalue weighted by Crippen LogP contribution is 2.24. The van der Waals surface area contributed by atoms with E-state index in [1.807, 2.05) is 24.3 Å². The van der Waals surface area contributed by atoms with Gasteiger partial charge in [0, 0.05) is 39.1 Å². The molecule has 2 heterocycles. The zero-order chi connectivity index (χ0) is 23.1. The average Bonchev–Trinajstić information content (AvgIpc) is 2.83. The fourth-order valence-electron chi connectivity index (χ4n) is 3.58. The predicted molar refractivity (Wildman–Crippen MR) is 119 cm³/mol. The number of likely N-dealkylation sites (N-methyl/N-ethyl adjacent to an activating group) is 1. The number of hydrogen-bond acceptors (Lipinski definition) is 6. The van der Waals surface area contributed by atoms with E-state index in [1.165, 1.54) is 33.2 Å². The van der Waals surface area contributed by atoms with Crippen molar-refractivity contribution in [1.29, 1.82) is 0 Å². The number of aryl methyl sites for hydroxylation is 1. The maximum atomic E-state index is 12.7. The highest BCUT2D eigenvalue weighted by Gasteiger charge is 2.33. The molecule has 1 aliphatic rings. The lowest BCUT2D eigenvalue weighted by Gasteiger charge is -2.30. The Bertz CT molecular complexity index is 1020. The normalized spacial score (nSPS) is 15.3. The molecule has 172 valence electrons. The molecule has 0 spiro atoms. The van der Waals surface area contributed by atoms with Crippen molar-refractivity contribution in [3.63, 3.8) is 0 Å². The van der Waals surface area contributed by atoms with Crippen LogP contribution in [0, 0.1) is 5.92 Å². The predicted octanol–water partition coefficient (Wildman–Crippen LogP) is 2.25. The van der Waals surface area contributed by atoms with Gasteiger partial charge in [-0.3, -0.25) is 14.6 Å². The number of esters is 1. The zero-order valence-electron chi connectivity index (χ0n) is 18.4. The lowest BCUT2D eigenvalue weighted by atomic mass is 9.98. The van der Waals surface area contributed by atoms with Crippen LogP contribution < -0.4 is 0 Å². The number of carbonyl (C=O) groups is 2. The Morgan fingerprint density at radius 3 is 2.38 bits per heavy atom. The lowest BCUT2D eigenvalue weighted by molar-refractivity contribution is -0.156. The summed E-state index contributed by atoms with van der Waals surface area (Å²) in [6.45, 7) is 2.64.